The van der Waals surface area contributed by atoms with Gasteiger partial charge in [-0.25, -0.2) is 13.0 Å². The molecule has 1 saturated heterocycles. The van der Waals surface area contributed by atoms with Crippen molar-refractivity contribution in [1.29, 1.82) is 0 Å². The van der Waals surface area contributed by atoms with E-state index in [4.69, 9.17) is 0 Å². The molecule has 0 unspecified atom stereocenters. The normalized spacial score (nSPS) is 14.9. The molecule has 10 heteroatoms. The molecule has 3 aromatic carbocycles. The van der Waals surface area contributed by atoms with Gasteiger partial charge in [0, 0.05) is 44.0 Å². The molecule has 2 heterocycles. The minimum absolute atomic E-state index is 0.0280. The quantitative estimate of drug-likeness (QED) is 0.455. The van der Waals surface area contributed by atoms with Gasteiger partial charge < -0.3 is 4.90 Å². The molecule has 4 aromatic rings. The topological polar surface area (TPSA) is 109 Å². The molecular weight excluding hydrogens is 454 g/mol. The smallest absolute Gasteiger partial charge is 0.264 e. The van der Waals surface area contributed by atoms with Gasteiger partial charge in [-0.15, -0.1) is 0 Å². The number of hydrogen-bond acceptors (Lipinski definition) is 7. The van der Waals surface area contributed by atoms with Crippen molar-refractivity contribution in [2.45, 2.75) is 11.4 Å². The molecule has 0 spiro atoms. The van der Waals surface area contributed by atoms with E-state index in [0.29, 0.717) is 29.9 Å². The van der Waals surface area contributed by atoms with Gasteiger partial charge in [0.25, 0.3) is 15.9 Å². The van der Waals surface area contributed by atoms with Gasteiger partial charge in [0.2, 0.25) is 0 Å². The highest BCUT2D eigenvalue weighted by atomic mass is 32.2. The first-order valence-electron chi connectivity index (χ1n) is 10.9. The second kappa shape index (κ2) is 9.24. The molecule has 1 aliphatic heterocycles. The first-order chi connectivity index (χ1) is 16.5. The maximum atomic E-state index is 12.9. The van der Waals surface area contributed by atoms with Crippen LogP contribution in [0.25, 0.3) is 11.0 Å². The number of carbonyl (C=O) groups is 1. The standard InChI is InChI=1S/C24H23N5O4S/c30-24(29-15-13-28(14-16-29)17-18-5-2-1-3-6-18)19-9-11-20(12-10-19)27-34(31,32)22-8-4-7-21-23(22)26-33-25-21/h1-12,27H,13-17H2. The van der Waals surface area contributed by atoms with E-state index >= 15 is 0 Å². The Balaban J connectivity index is 1.21. The number of anilines is 1. The second-order valence-electron chi connectivity index (χ2n) is 8.12. The summed E-state index contributed by atoms with van der Waals surface area (Å²) in [6, 6.07) is 21.3. The third-order valence-electron chi connectivity index (χ3n) is 5.83. The molecule has 0 atom stereocenters. The Bertz CT molecular complexity index is 1400. The number of carbonyl (C=O) groups excluding carboxylic acids is 1. The lowest BCUT2D eigenvalue weighted by atomic mass is 10.1. The molecule has 9 nitrogen and oxygen atoms in total. The Hall–Kier alpha value is -3.76. The van der Waals surface area contributed by atoms with Crippen LogP contribution < -0.4 is 4.72 Å². The fourth-order valence-electron chi connectivity index (χ4n) is 4.02. The zero-order chi connectivity index (χ0) is 23.5. The fourth-order valence-corrected chi connectivity index (χ4v) is 5.23. The molecule has 1 aromatic heterocycles. The molecule has 0 aliphatic carbocycles. The largest absolute Gasteiger partial charge is 0.336 e. The fraction of sp³-hybridized carbons (Fsp3) is 0.208. The maximum absolute atomic E-state index is 12.9. The Morgan fingerprint density at radius 2 is 1.62 bits per heavy atom. The number of benzene rings is 3. The monoisotopic (exact) mass is 477 g/mol. The molecule has 0 bridgehead atoms. The van der Waals surface area contributed by atoms with Crippen molar-refractivity contribution >= 4 is 32.7 Å². The van der Waals surface area contributed by atoms with Crippen LogP contribution in [-0.4, -0.2) is 60.6 Å². The van der Waals surface area contributed by atoms with Crippen LogP contribution in [0.15, 0.2) is 82.3 Å². The third kappa shape index (κ3) is 4.63. The SMILES string of the molecule is O=C(c1ccc(NS(=O)(=O)c2cccc3nonc23)cc1)N1CCN(Cc2ccccc2)CC1. The number of aromatic nitrogens is 2. The molecular formula is C24H23N5O4S. The van der Waals surface area contributed by atoms with Crippen LogP contribution in [0.4, 0.5) is 5.69 Å². The zero-order valence-electron chi connectivity index (χ0n) is 18.3. The first-order valence-corrected chi connectivity index (χ1v) is 12.4. The van der Waals surface area contributed by atoms with E-state index in [9.17, 15) is 13.2 Å². The minimum atomic E-state index is -3.91. The van der Waals surface area contributed by atoms with Gasteiger partial charge in [0.05, 0.1) is 0 Å². The number of nitrogens with zero attached hydrogens (tertiary/aromatic N) is 4. The highest BCUT2D eigenvalue weighted by molar-refractivity contribution is 7.93. The lowest BCUT2D eigenvalue weighted by Crippen LogP contribution is -2.48. The average Bonchev–Trinajstić information content (AvgIpc) is 3.34. The summed E-state index contributed by atoms with van der Waals surface area (Å²) < 4.78 is 32.9. The Kier molecular flexibility index (Phi) is 5.99. The van der Waals surface area contributed by atoms with E-state index in [-0.39, 0.29) is 16.3 Å². The van der Waals surface area contributed by atoms with Gasteiger partial charge in [0.1, 0.15) is 10.4 Å². The Morgan fingerprint density at radius 3 is 2.35 bits per heavy atom. The van der Waals surface area contributed by atoms with Crippen LogP contribution in [0.2, 0.25) is 0 Å². The minimum Gasteiger partial charge on any atom is -0.336 e. The summed E-state index contributed by atoms with van der Waals surface area (Å²) in [5, 5.41) is 7.36. The van der Waals surface area contributed by atoms with Crippen LogP contribution in [0.3, 0.4) is 0 Å². The van der Waals surface area contributed by atoms with Crippen molar-refractivity contribution in [1.82, 2.24) is 20.1 Å². The van der Waals surface area contributed by atoms with E-state index in [2.05, 4.69) is 36.7 Å². The Morgan fingerprint density at radius 1 is 0.882 bits per heavy atom. The van der Waals surface area contributed by atoms with E-state index in [1.54, 1.807) is 36.4 Å². The van der Waals surface area contributed by atoms with Gasteiger partial charge in [-0.1, -0.05) is 36.4 Å². The average molecular weight is 478 g/mol. The van der Waals surface area contributed by atoms with Gasteiger partial charge in [-0.05, 0) is 52.3 Å². The molecule has 5 rings (SSSR count). The van der Waals surface area contributed by atoms with Crippen molar-refractivity contribution in [2.75, 3.05) is 30.9 Å². The first kappa shape index (κ1) is 22.1. The number of amides is 1. The van der Waals surface area contributed by atoms with Gasteiger partial charge in [-0.3, -0.25) is 14.4 Å². The van der Waals surface area contributed by atoms with Crippen LogP contribution >= 0.6 is 0 Å². The third-order valence-corrected chi connectivity index (χ3v) is 7.24. The highest BCUT2D eigenvalue weighted by Gasteiger charge is 2.23. The molecule has 174 valence electrons. The van der Waals surface area contributed by atoms with E-state index in [0.717, 1.165) is 19.6 Å². The second-order valence-corrected chi connectivity index (χ2v) is 9.78. The van der Waals surface area contributed by atoms with Gasteiger partial charge in [0.15, 0.2) is 5.52 Å². The lowest BCUT2D eigenvalue weighted by molar-refractivity contribution is 0.0628. The molecule has 0 saturated carbocycles. The van der Waals surface area contributed by atoms with Crippen molar-refractivity contribution in [3.05, 3.63) is 83.9 Å². The van der Waals surface area contributed by atoms with Crippen LogP contribution in [0.1, 0.15) is 15.9 Å². The number of fused-ring (bicyclic) bond motifs is 1. The molecule has 1 aliphatic rings. The molecule has 0 radical (unpaired) electrons. The Labute approximate surface area is 197 Å². The summed E-state index contributed by atoms with van der Waals surface area (Å²) in [6.45, 7) is 3.78. The predicted molar refractivity (Wildman–Crippen MR) is 127 cm³/mol. The number of hydrogen-bond donors (Lipinski definition) is 1. The van der Waals surface area contributed by atoms with E-state index in [1.165, 1.54) is 11.6 Å². The molecule has 1 N–H and O–H groups in total. The molecule has 1 amide bonds. The predicted octanol–water partition coefficient (Wildman–Crippen LogP) is 2.98. The lowest BCUT2D eigenvalue weighted by Gasteiger charge is -2.34. The number of piperazine rings is 1. The van der Waals surface area contributed by atoms with Crippen LogP contribution in [-0.2, 0) is 16.6 Å². The van der Waals surface area contributed by atoms with Gasteiger partial charge >= 0.3 is 0 Å². The summed E-state index contributed by atoms with van der Waals surface area (Å²) in [7, 11) is -3.91. The van der Waals surface area contributed by atoms with E-state index in [1.807, 2.05) is 23.1 Å². The zero-order valence-corrected chi connectivity index (χ0v) is 19.1. The van der Waals surface area contributed by atoms with Crippen molar-refractivity contribution in [3.8, 4) is 0 Å². The highest BCUT2D eigenvalue weighted by Crippen LogP contribution is 2.23. The number of nitrogens with one attached hydrogen (secondary N) is 1. The van der Waals surface area contributed by atoms with Crippen molar-refractivity contribution in [2.24, 2.45) is 0 Å². The van der Waals surface area contributed by atoms with Gasteiger partial charge in [-0.2, -0.15) is 0 Å². The van der Waals surface area contributed by atoms with E-state index < -0.39 is 10.0 Å². The summed E-state index contributed by atoms with van der Waals surface area (Å²) in [5.74, 6) is -0.0628. The van der Waals surface area contributed by atoms with Crippen LogP contribution in [0.5, 0.6) is 0 Å². The summed E-state index contributed by atoms with van der Waals surface area (Å²) in [5.41, 5.74) is 2.64. The summed E-state index contributed by atoms with van der Waals surface area (Å²) >= 11 is 0. The van der Waals surface area contributed by atoms with Crippen LogP contribution in [0, 0.1) is 0 Å². The molecule has 34 heavy (non-hydrogen) atoms. The summed E-state index contributed by atoms with van der Waals surface area (Å²) in [4.78, 5) is 17.1. The van der Waals surface area contributed by atoms with Crippen molar-refractivity contribution < 1.29 is 17.8 Å². The number of rotatable bonds is 6. The molecule has 1 fully saturated rings. The van der Waals surface area contributed by atoms with Crippen molar-refractivity contribution in [3.63, 3.8) is 0 Å². The maximum Gasteiger partial charge on any atom is 0.264 e. The summed E-state index contributed by atoms with van der Waals surface area (Å²) in [6.07, 6.45) is 0. The number of sulfonamides is 1.